The van der Waals surface area contributed by atoms with E-state index in [0.29, 0.717) is 59.9 Å². The Labute approximate surface area is 238 Å². The Balaban J connectivity index is 1.81. The molecule has 4 aromatic rings. The number of rotatable bonds is 7. The minimum Gasteiger partial charge on any atom is -0.492 e. The molecule has 214 valence electrons. The number of fused-ring (bicyclic) bond motifs is 2. The number of hydrogen-bond acceptors (Lipinski definition) is 6. The number of aryl methyl sites for hydroxylation is 1. The Bertz CT molecular complexity index is 1700. The van der Waals surface area contributed by atoms with Gasteiger partial charge in [0.25, 0.3) is 0 Å². The van der Waals surface area contributed by atoms with E-state index in [9.17, 15) is 9.90 Å². The molecule has 1 aliphatic heterocycles. The van der Waals surface area contributed by atoms with Crippen LogP contribution in [0.1, 0.15) is 66.8 Å². The molecule has 0 spiro atoms. The van der Waals surface area contributed by atoms with E-state index in [2.05, 4.69) is 0 Å². The highest BCUT2D eigenvalue weighted by atomic mass is 16.5. The van der Waals surface area contributed by atoms with E-state index < -0.39 is 5.97 Å². The number of carboxylic acid groups (broad SMARTS) is 1. The molecule has 0 bridgehead atoms. The summed E-state index contributed by atoms with van der Waals surface area (Å²) in [5, 5.41) is 28.2. The van der Waals surface area contributed by atoms with E-state index in [1.54, 1.807) is 6.92 Å². The summed E-state index contributed by atoms with van der Waals surface area (Å²) < 4.78 is 14.3. The van der Waals surface area contributed by atoms with Crippen LogP contribution in [0.3, 0.4) is 0 Å². The minimum atomic E-state index is -1.15. The van der Waals surface area contributed by atoms with Crippen molar-refractivity contribution in [1.29, 1.82) is 10.8 Å². The monoisotopic (exact) mass is 556 g/mol. The molecule has 2 heterocycles. The van der Waals surface area contributed by atoms with E-state index in [4.69, 9.17) is 31.0 Å². The van der Waals surface area contributed by atoms with Crippen LogP contribution in [0.5, 0.6) is 11.5 Å². The number of benzene rings is 3. The molecular formula is C31H36N6O4. The third-order valence-electron chi connectivity index (χ3n) is 7.84. The topological polar surface area (TPSA) is 151 Å². The van der Waals surface area contributed by atoms with Crippen molar-refractivity contribution in [2.45, 2.75) is 52.6 Å². The highest BCUT2D eigenvalue weighted by Crippen LogP contribution is 2.45. The number of nitrogen functional groups attached to an aromatic ring is 1. The summed E-state index contributed by atoms with van der Waals surface area (Å²) in [5.74, 6) is 0.552. The Kier molecular flexibility index (Phi) is 7.33. The second kappa shape index (κ2) is 10.8. The normalized spacial score (nSPS) is 14.1. The summed E-state index contributed by atoms with van der Waals surface area (Å²) in [4.78, 5) is 19.7. The molecule has 0 radical (unpaired) electrons. The maximum Gasteiger partial charge on any atom is 0.341 e. The largest absolute Gasteiger partial charge is 0.492 e. The van der Waals surface area contributed by atoms with Gasteiger partial charge in [0.1, 0.15) is 28.8 Å². The van der Waals surface area contributed by atoms with Gasteiger partial charge in [-0.2, -0.15) is 0 Å². The average molecular weight is 557 g/mol. The van der Waals surface area contributed by atoms with Gasteiger partial charge >= 0.3 is 5.97 Å². The smallest absolute Gasteiger partial charge is 0.341 e. The van der Waals surface area contributed by atoms with E-state index in [1.165, 1.54) is 7.11 Å². The molecule has 3 aromatic carbocycles. The van der Waals surface area contributed by atoms with Gasteiger partial charge in [-0.15, -0.1) is 0 Å². The van der Waals surface area contributed by atoms with Crippen molar-refractivity contribution in [3.8, 4) is 17.2 Å². The van der Waals surface area contributed by atoms with Crippen molar-refractivity contribution in [2.75, 3.05) is 20.2 Å². The molecule has 5 N–H and O–H groups in total. The molecule has 0 saturated carbocycles. The van der Waals surface area contributed by atoms with Crippen LogP contribution in [0.2, 0.25) is 0 Å². The number of aromatic nitrogens is 2. The van der Waals surface area contributed by atoms with Gasteiger partial charge < -0.3 is 25.2 Å². The number of aromatic carboxylic acids is 1. The van der Waals surface area contributed by atoms with Gasteiger partial charge in [0.15, 0.2) is 11.5 Å². The predicted molar refractivity (Wildman–Crippen MR) is 161 cm³/mol. The standard InChI is InChI=1S/C31H36N6O4/c1-16(2)30-35-25-24(31(38)39)28(40-5)27(41-19-12-14-36(15-13-19)18(4)32)17(3)26(25)37(30)23-11-10-22(29(33)34)20-8-6-7-9-21(20)23/h6-11,16,19,32H,12-15H2,1-5H3,(H3,33,34)(H,38,39). The Morgan fingerprint density at radius 3 is 2.32 bits per heavy atom. The summed E-state index contributed by atoms with van der Waals surface area (Å²) in [6, 6.07) is 11.5. The Hall–Kier alpha value is -4.60. The molecule has 1 fully saturated rings. The lowest BCUT2D eigenvalue weighted by Gasteiger charge is -2.33. The highest BCUT2D eigenvalue weighted by Gasteiger charge is 2.32. The number of nitrogens with zero attached hydrogens (tertiary/aromatic N) is 3. The first kappa shape index (κ1) is 27.9. The number of nitrogens with one attached hydrogen (secondary N) is 2. The summed E-state index contributed by atoms with van der Waals surface area (Å²) in [7, 11) is 1.45. The van der Waals surface area contributed by atoms with E-state index >= 15 is 0 Å². The summed E-state index contributed by atoms with van der Waals surface area (Å²) in [6.07, 6.45) is 1.24. The average Bonchev–Trinajstić information content (AvgIpc) is 3.34. The quantitative estimate of drug-likeness (QED) is 0.175. The molecule has 5 rings (SSSR count). The molecule has 1 aromatic heterocycles. The maximum absolute atomic E-state index is 12.8. The lowest BCUT2D eigenvalue weighted by Crippen LogP contribution is -2.40. The molecule has 0 atom stereocenters. The van der Waals surface area contributed by atoms with E-state index in [0.717, 1.165) is 22.0 Å². The Morgan fingerprint density at radius 1 is 1.10 bits per heavy atom. The van der Waals surface area contributed by atoms with Crippen molar-refractivity contribution < 1.29 is 19.4 Å². The molecule has 0 aliphatic carbocycles. The van der Waals surface area contributed by atoms with Crippen LogP contribution in [0.25, 0.3) is 27.5 Å². The van der Waals surface area contributed by atoms with Gasteiger partial charge in [-0.1, -0.05) is 38.1 Å². The molecule has 0 amide bonds. The fourth-order valence-corrected chi connectivity index (χ4v) is 5.81. The van der Waals surface area contributed by atoms with Gasteiger partial charge in [0.2, 0.25) is 0 Å². The fourth-order valence-electron chi connectivity index (χ4n) is 5.81. The molecule has 1 saturated heterocycles. The zero-order valence-electron chi connectivity index (χ0n) is 24.0. The van der Waals surface area contributed by atoms with Gasteiger partial charge in [0, 0.05) is 48.4 Å². The van der Waals surface area contributed by atoms with E-state index in [-0.39, 0.29) is 29.2 Å². The molecule has 1 aliphatic rings. The molecule has 10 nitrogen and oxygen atoms in total. The Morgan fingerprint density at radius 2 is 1.76 bits per heavy atom. The molecule has 41 heavy (non-hydrogen) atoms. The molecule has 10 heteroatoms. The minimum absolute atomic E-state index is 0.0265. The van der Waals surface area contributed by atoms with Gasteiger partial charge in [-0.25, -0.2) is 9.78 Å². The fraction of sp³-hybridized carbons (Fsp3) is 0.355. The number of nitrogens with two attached hydrogens (primary N) is 1. The summed E-state index contributed by atoms with van der Waals surface area (Å²) >= 11 is 0. The number of likely N-dealkylation sites (tertiary alicyclic amines) is 1. The van der Waals surface area contributed by atoms with Crippen LogP contribution in [0.15, 0.2) is 36.4 Å². The number of carboxylic acids is 1. The number of imidazole rings is 1. The molecule has 0 unspecified atom stereocenters. The van der Waals surface area contributed by atoms with Crippen LogP contribution in [0, 0.1) is 17.7 Å². The maximum atomic E-state index is 12.8. The van der Waals surface area contributed by atoms with Crippen LogP contribution in [-0.4, -0.2) is 63.5 Å². The highest BCUT2D eigenvalue weighted by molar-refractivity contribution is 6.11. The zero-order valence-corrected chi connectivity index (χ0v) is 24.0. The number of ether oxygens (including phenoxy) is 2. The van der Waals surface area contributed by atoms with Crippen LogP contribution < -0.4 is 15.2 Å². The number of hydrogen-bond donors (Lipinski definition) is 4. The number of piperidine rings is 1. The van der Waals surface area contributed by atoms with Crippen LogP contribution in [-0.2, 0) is 0 Å². The number of amidine groups is 2. The van der Waals surface area contributed by atoms with Crippen LogP contribution >= 0.6 is 0 Å². The van der Waals surface area contributed by atoms with Gasteiger partial charge in [-0.05, 0) is 31.4 Å². The summed E-state index contributed by atoms with van der Waals surface area (Å²) in [5.41, 5.74) is 9.00. The first-order valence-electron chi connectivity index (χ1n) is 13.7. The second-order valence-electron chi connectivity index (χ2n) is 10.8. The zero-order chi connectivity index (χ0) is 29.6. The first-order chi connectivity index (χ1) is 19.5. The lowest BCUT2D eigenvalue weighted by molar-refractivity contribution is 0.0692. The van der Waals surface area contributed by atoms with E-state index in [1.807, 2.05) is 66.6 Å². The van der Waals surface area contributed by atoms with Crippen LogP contribution in [0.4, 0.5) is 0 Å². The second-order valence-corrected chi connectivity index (χ2v) is 10.8. The van der Waals surface area contributed by atoms with Crippen molar-refractivity contribution in [3.63, 3.8) is 0 Å². The molecular weight excluding hydrogens is 520 g/mol. The third kappa shape index (κ3) is 4.73. The number of carbonyl (C=O) groups is 1. The number of methoxy groups -OCH3 is 1. The third-order valence-corrected chi connectivity index (χ3v) is 7.84. The SMILES string of the molecule is COc1c(OC2CCN(C(C)=N)CC2)c(C)c2c(nc(C(C)C)n2-c2ccc(C(=N)N)c3ccccc23)c1C(=O)O. The van der Waals surface area contributed by atoms with Crippen molar-refractivity contribution >= 4 is 39.4 Å². The van der Waals surface area contributed by atoms with Gasteiger partial charge in [-0.3, -0.25) is 15.4 Å². The predicted octanol–water partition coefficient (Wildman–Crippen LogP) is 5.44. The van der Waals surface area contributed by atoms with Crippen molar-refractivity contribution in [2.24, 2.45) is 5.73 Å². The van der Waals surface area contributed by atoms with Gasteiger partial charge in [0.05, 0.1) is 24.1 Å². The summed E-state index contributed by atoms with van der Waals surface area (Å²) in [6.45, 7) is 9.12. The lowest BCUT2D eigenvalue weighted by atomic mass is 10.0. The van der Waals surface area contributed by atoms with Crippen molar-refractivity contribution in [1.82, 2.24) is 14.5 Å². The first-order valence-corrected chi connectivity index (χ1v) is 13.7. The van der Waals surface area contributed by atoms with Crippen molar-refractivity contribution in [3.05, 3.63) is 58.9 Å².